The summed E-state index contributed by atoms with van der Waals surface area (Å²) >= 11 is 1.28. The van der Waals surface area contributed by atoms with E-state index in [-0.39, 0.29) is 11.7 Å². The maximum absolute atomic E-state index is 12.8. The predicted octanol–water partition coefficient (Wildman–Crippen LogP) is 4.79. The summed E-state index contributed by atoms with van der Waals surface area (Å²) in [5, 5.41) is 5.54. The van der Waals surface area contributed by atoms with E-state index in [1.807, 2.05) is 0 Å². The van der Waals surface area contributed by atoms with Gasteiger partial charge in [0.15, 0.2) is 0 Å². The maximum atomic E-state index is 12.8. The zero-order chi connectivity index (χ0) is 17.9. The number of halogens is 3. The molecular formula is C17H11F3N2O2S. The number of carbonyl (C=O) groups is 1. The number of nitrogens with one attached hydrogen (secondary N) is 1. The van der Waals surface area contributed by atoms with Gasteiger partial charge in [0.1, 0.15) is 11.5 Å². The minimum Gasteiger partial charge on any atom is -0.455 e. The fourth-order valence-corrected chi connectivity index (χ4v) is 2.66. The van der Waals surface area contributed by atoms with Crippen LogP contribution >= 0.6 is 11.3 Å². The Morgan fingerprint density at radius 1 is 1.16 bits per heavy atom. The average Bonchev–Trinajstić information content (AvgIpc) is 3.26. The molecule has 0 saturated carbocycles. The van der Waals surface area contributed by atoms with E-state index in [0.29, 0.717) is 16.2 Å². The van der Waals surface area contributed by atoms with Gasteiger partial charge in [-0.2, -0.15) is 18.3 Å². The summed E-state index contributed by atoms with van der Waals surface area (Å²) in [5.74, 6) is 0.229. The SMILES string of the molecule is O=C(N/N=C\c1ccc(-c2cccc(C(F)(F)F)c2)o1)c1cccs1. The third-order valence-electron chi connectivity index (χ3n) is 3.20. The van der Waals surface area contributed by atoms with Gasteiger partial charge < -0.3 is 4.42 Å². The molecule has 128 valence electrons. The van der Waals surface area contributed by atoms with Gasteiger partial charge in [0.25, 0.3) is 5.91 Å². The zero-order valence-corrected chi connectivity index (χ0v) is 13.4. The van der Waals surface area contributed by atoms with Crippen LogP contribution in [-0.2, 0) is 6.18 Å². The number of nitrogens with zero attached hydrogens (tertiary/aromatic N) is 1. The summed E-state index contributed by atoms with van der Waals surface area (Å²) < 4.78 is 43.7. The van der Waals surface area contributed by atoms with Crippen LogP contribution in [0.25, 0.3) is 11.3 Å². The van der Waals surface area contributed by atoms with Gasteiger partial charge in [-0.3, -0.25) is 4.79 Å². The highest BCUT2D eigenvalue weighted by atomic mass is 32.1. The van der Waals surface area contributed by atoms with Gasteiger partial charge in [0.05, 0.1) is 16.7 Å². The molecule has 0 bridgehead atoms. The van der Waals surface area contributed by atoms with Gasteiger partial charge in [0.2, 0.25) is 0 Å². The number of alkyl halides is 3. The van der Waals surface area contributed by atoms with Crippen molar-refractivity contribution in [2.75, 3.05) is 0 Å². The monoisotopic (exact) mass is 364 g/mol. The summed E-state index contributed by atoms with van der Waals surface area (Å²) in [7, 11) is 0. The molecule has 0 unspecified atom stereocenters. The minimum atomic E-state index is -4.42. The maximum Gasteiger partial charge on any atom is 0.416 e. The van der Waals surface area contributed by atoms with Crippen molar-refractivity contribution in [2.24, 2.45) is 5.10 Å². The van der Waals surface area contributed by atoms with Crippen molar-refractivity contribution in [3.8, 4) is 11.3 Å². The third kappa shape index (κ3) is 4.16. The molecule has 0 spiro atoms. The fraction of sp³-hybridized carbons (Fsp3) is 0.0588. The first-order valence-electron chi connectivity index (χ1n) is 7.08. The second kappa shape index (κ2) is 6.94. The van der Waals surface area contributed by atoms with Crippen LogP contribution in [0.1, 0.15) is 21.0 Å². The number of hydrazone groups is 1. The number of benzene rings is 1. The summed E-state index contributed by atoms with van der Waals surface area (Å²) in [6.45, 7) is 0. The van der Waals surface area contributed by atoms with E-state index in [4.69, 9.17) is 4.42 Å². The third-order valence-corrected chi connectivity index (χ3v) is 4.07. The molecule has 1 N–H and O–H groups in total. The Bertz CT molecular complexity index is 899. The molecule has 0 fully saturated rings. The van der Waals surface area contributed by atoms with Gasteiger partial charge in [0, 0.05) is 5.56 Å². The Morgan fingerprint density at radius 3 is 2.72 bits per heavy atom. The molecule has 3 rings (SSSR count). The van der Waals surface area contributed by atoms with E-state index in [1.165, 1.54) is 35.8 Å². The van der Waals surface area contributed by atoms with Crippen LogP contribution in [0.15, 0.2) is 63.4 Å². The van der Waals surface area contributed by atoms with Crippen molar-refractivity contribution in [1.82, 2.24) is 5.43 Å². The zero-order valence-electron chi connectivity index (χ0n) is 12.6. The normalized spacial score (nSPS) is 11.8. The molecule has 25 heavy (non-hydrogen) atoms. The molecule has 2 aromatic heterocycles. The molecule has 4 nitrogen and oxygen atoms in total. The van der Waals surface area contributed by atoms with E-state index < -0.39 is 11.7 Å². The van der Waals surface area contributed by atoms with Gasteiger partial charge >= 0.3 is 6.18 Å². The van der Waals surface area contributed by atoms with Crippen LogP contribution in [-0.4, -0.2) is 12.1 Å². The largest absolute Gasteiger partial charge is 0.455 e. The Labute approximate surface area is 144 Å². The number of hydrogen-bond donors (Lipinski definition) is 1. The highest BCUT2D eigenvalue weighted by Crippen LogP contribution is 2.32. The van der Waals surface area contributed by atoms with E-state index in [0.717, 1.165) is 12.1 Å². The minimum absolute atomic E-state index is 0.275. The molecule has 0 aliphatic rings. The standard InChI is InChI=1S/C17H11F3N2O2S/c18-17(19,20)12-4-1-3-11(9-12)14-7-6-13(24-14)10-21-22-16(23)15-5-2-8-25-15/h1-10H,(H,22,23)/b21-10-. The van der Waals surface area contributed by atoms with Crippen molar-refractivity contribution in [2.45, 2.75) is 6.18 Å². The number of amides is 1. The lowest BCUT2D eigenvalue weighted by Crippen LogP contribution is -2.15. The van der Waals surface area contributed by atoms with Crippen LogP contribution in [0, 0.1) is 0 Å². The number of thiophene rings is 1. The first-order valence-corrected chi connectivity index (χ1v) is 7.96. The second-order valence-electron chi connectivity index (χ2n) is 4.96. The number of furan rings is 1. The van der Waals surface area contributed by atoms with E-state index in [9.17, 15) is 18.0 Å². The molecule has 0 aliphatic carbocycles. The molecule has 3 aromatic rings. The van der Waals surface area contributed by atoms with Crippen LogP contribution in [0.2, 0.25) is 0 Å². The van der Waals surface area contributed by atoms with Crippen molar-refractivity contribution in [3.05, 3.63) is 70.1 Å². The first-order chi connectivity index (χ1) is 11.9. The number of hydrogen-bond acceptors (Lipinski definition) is 4. The lowest BCUT2D eigenvalue weighted by atomic mass is 10.1. The predicted molar refractivity (Wildman–Crippen MR) is 88.5 cm³/mol. The van der Waals surface area contributed by atoms with Crippen LogP contribution in [0.4, 0.5) is 13.2 Å². The molecule has 1 amide bonds. The van der Waals surface area contributed by atoms with E-state index in [2.05, 4.69) is 10.5 Å². The average molecular weight is 364 g/mol. The van der Waals surface area contributed by atoms with E-state index in [1.54, 1.807) is 23.6 Å². The van der Waals surface area contributed by atoms with Gasteiger partial charge in [-0.15, -0.1) is 11.3 Å². The van der Waals surface area contributed by atoms with Crippen molar-refractivity contribution < 1.29 is 22.4 Å². The van der Waals surface area contributed by atoms with Gasteiger partial charge in [-0.25, -0.2) is 5.43 Å². The molecule has 0 aliphatic heterocycles. The molecule has 1 aromatic carbocycles. The van der Waals surface area contributed by atoms with Crippen molar-refractivity contribution in [3.63, 3.8) is 0 Å². The smallest absolute Gasteiger partial charge is 0.416 e. The highest BCUT2D eigenvalue weighted by Gasteiger charge is 2.30. The lowest BCUT2D eigenvalue weighted by Gasteiger charge is -2.07. The molecule has 0 radical (unpaired) electrons. The summed E-state index contributed by atoms with van der Waals surface area (Å²) in [6.07, 6.45) is -3.14. The first kappa shape index (κ1) is 17.0. The summed E-state index contributed by atoms with van der Waals surface area (Å²) in [5.41, 5.74) is 1.90. The second-order valence-corrected chi connectivity index (χ2v) is 5.90. The summed E-state index contributed by atoms with van der Waals surface area (Å²) in [4.78, 5) is 12.2. The van der Waals surface area contributed by atoms with Crippen LogP contribution < -0.4 is 5.43 Å². The fourth-order valence-electron chi connectivity index (χ4n) is 2.04. The van der Waals surface area contributed by atoms with E-state index >= 15 is 0 Å². The van der Waals surface area contributed by atoms with Crippen molar-refractivity contribution in [1.29, 1.82) is 0 Å². The molecule has 8 heteroatoms. The molecule has 2 heterocycles. The number of carbonyl (C=O) groups excluding carboxylic acids is 1. The Hall–Kier alpha value is -2.87. The van der Waals surface area contributed by atoms with Crippen LogP contribution in [0.5, 0.6) is 0 Å². The van der Waals surface area contributed by atoms with Gasteiger partial charge in [-0.05, 0) is 35.7 Å². The quantitative estimate of drug-likeness (QED) is 0.534. The molecule has 0 saturated heterocycles. The lowest BCUT2D eigenvalue weighted by molar-refractivity contribution is -0.137. The Kier molecular flexibility index (Phi) is 4.71. The Morgan fingerprint density at radius 2 is 2.00 bits per heavy atom. The van der Waals surface area contributed by atoms with Crippen LogP contribution in [0.3, 0.4) is 0 Å². The topological polar surface area (TPSA) is 54.6 Å². The molecular weight excluding hydrogens is 353 g/mol. The molecule has 0 atom stereocenters. The van der Waals surface area contributed by atoms with Crippen molar-refractivity contribution >= 4 is 23.5 Å². The highest BCUT2D eigenvalue weighted by molar-refractivity contribution is 7.12. The number of rotatable bonds is 4. The van der Waals surface area contributed by atoms with Gasteiger partial charge in [-0.1, -0.05) is 18.2 Å². The summed E-state index contributed by atoms with van der Waals surface area (Å²) in [6, 6.07) is 11.3. The Balaban J connectivity index is 1.70.